The monoisotopic (exact) mass is 350 g/mol. The third-order valence-electron chi connectivity index (χ3n) is 3.52. The van der Waals surface area contributed by atoms with Crippen LogP contribution in [0, 0.1) is 0 Å². The van der Waals surface area contributed by atoms with Gasteiger partial charge in [-0.1, -0.05) is 25.1 Å². The lowest BCUT2D eigenvalue weighted by Crippen LogP contribution is -2.24. The number of aromatic nitrogens is 1. The zero-order valence-corrected chi connectivity index (χ0v) is 14.3. The van der Waals surface area contributed by atoms with Crippen LogP contribution in [-0.2, 0) is 4.74 Å². The minimum Gasteiger partial charge on any atom is -0.385 e. The Morgan fingerprint density at radius 3 is 2.90 bits per heavy atom. The molecule has 0 aliphatic carbocycles. The summed E-state index contributed by atoms with van der Waals surface area (Å²) in [6.07, 6.45) is 3.17. The Balaban J connectivity index is 2.26. The predicted molar refractivity (Wildman–Crippen MR) is 91.6 cm³/mol. The van der Waals surface area contributed by atoms with Crippen molar-refractivity contribution in [3.8, 4) is 0 Å². The molecule has 1 N–H and O–H groups in total. The van der Waals surface area contributed by atoms with Gasteiger partial charge in [0.25, 0.3) is 0 Å². The molecule has 0 saturated heterocycles. The Bertz CT molecular complexity index is 574. The number of pyridine rings is 1. The number of nitrogens with zero attached hydrogens (tertiary/aromatic N) is 1. The number of para-hydroxylation sites is 1. The van der Waals surface area contributed by atoms with Crippen LogP contribution in [0.15, 0.2) is 34.8 Å². The Hall–Kier alpha value is -0.970. The van der Waals surface area contributed by atoms with Crippen molar-refractivity contribution in [1.82, 2.24) is 10.3 Å². The maximum atomic E-state index is 5.17. The first-order valence-electron chi connectivity index (χ1n) is 7.53. The minimum atomic E-state index is 0.263. The molecule has 3 nitrogen and oxygen atoms in total. The quantitative estimate of drug-likeness (QED) is 0.713. The summed E-state index contributed by atoms with van der Waals surface area (Å²) in [5, 5.41) is 4.77. The summed E-state index contributed by atoms with van der Waals surface area (Å²) >= 11 is 3.69. The molecule has 114 valence electrons. The van der Waals surface area contributed by atoms with Gasteiger partial charge in [-0.15, -0.1) is 0 Å². The number of fused-ring (bicyclic) bond motifs is 1. The van der Waals surface area contributed by atoms with E-state index in [-0.39, 0.29) is 6.04 Å². The minimum absolute atomic E-state index is 0.263. The third kappa shape index (κ3) is 4.50. The molecule has 0 aliphatic rings. The second-order valence-electron chi connectivity index (χ2n) is 5.19. The lowest BCUT2D eigenvalue weighted by molar-refractivity contribution is 0.188. The molecule has 0 fully saturated rings. The van der Waals surface area contributed by atoms with Gasteiger partial charge in [0.1, 0.15) is 0 Å². The number of rotatable bonds is 8. The SMILES string of the molecule is CCCNC(CCCOC)c1nc2ccccc2cc1Br. The molecule has 4 heteroatoms. The van der Waals surface area contributed by atoms with E-state index in [0.717, 1.165) is 48.1 Å². The van der Waals surface area contributed by atoms with Crippen molar-refractivity contribution in [2.75, 3.05) is 20.3 Å². The summed E-state index contributed by atoms with van der Waals surface area (Å²) in [5.74, 6) is 0. The Kier molecular flexibility index (Phi) is 6.61. The fourth-order valence-corrected chi connectivity index (χ4v) is 3.05. The molecule has 1 aromatic heterocycles. The summed E-state index contributed by atoms with van der Waals surface area (Å²) in [4.78, 5) is 4.86. The van der Waals surface area contributed by atoms with Gasteiger partial charge in [0.2, 0.25) is 0 Å². The van der Waals surface area contributed by atoms with E-state index in [9.17, 15) is 0 Å². The molecule has 0 bridgehead atoms. The van der Waals surface area contributed by atoms with Gasteiger partial charge < -0.3 is 10.1 Å². The van der Waals surface area contributed by atoms with Gasteiger partial charge in [0.05, 0.1) is 17.3 Å². The second kappa shape index (κ2) is 8.47. The smallest absolute Gasteiger partial charge is 0.0722 e. The highest BCUT2D eigenvalue weighted by Gasteiger charge is 2.16. The summed E-state index contributed by atoms with van der Waals surface area (Å²) in [7, 11) is 1.75. The maximum absolute atomic E-state index is 5.17. The van der Waals surface area contributed by atoms with Gasteiger partial charge in [0.15, 0.2) is 0 Å². The zero-order chi connectivity index (χ0) is 15.1. The highest BCUT2D eigenvalue weighted by Crippen LogP contribution is 2.28. The van der Waals surface area contributed by atoms with E-state index < -0.39 is 0 Å². The van der Waals surface area contributed by atoms with Gasteiger partial charge in [-0.2, -0.15) is 0 Å². The summed E-state index contributed by atoms with van der Waals surface area (Å²) in [6.45, 7) is 3.97. The normalized spacial score (nSPS) is 12.7. The molecule has 2 aromatic rings. The van der Waals surface area contributed by atoms with Crippen LogP contribution < -0.4 is 5.32 Å². The lowest BCUT2D eigenvalue weighted by atomic mass is 10.1. The van der Waals surface area contributed by atoms with Crippen molar-refractivity contribution in [3.63, 3.8) is 0 Å². The van der Waals surface area contributed by atoms with E-state index in [1.807, 2.05) is 12.1 Å². The molecule has 2 rings (SSSR count). The average Bonchev–Trinajstić information content (AvgIpc) is 2.50. The number of halogens is 1. The second-order valence-corrected chi connectivity index (χ2v) is 6.04. The van der Waals surface area contributed by atoms with Crippen molar-refractivity contribution in [3.05, 3.63) is 40.5 Å². The van der Waals surface area contributed by atoms with Gasteiger partial charge >= 0.3 is 0 Å². The van der Waals surface area contributed by atoms with Crippen molar-refractivity contribution in [2.24, 2.45) is 0 Å². The van der Waals surface area contributed by atoms with Crippen molar-refractivity contribution >= 4 is 26.8 Å². The molecule has 21 heavy (non-hydrogen) atoms. The van der Waals surface area contributed by atoms with E-state index in [4.69, 9.17) is 9.72 Å². The molecule has 1 aromatic carbocycles. The molecule has 1 atom stereocenters. The standard InChI is InChI=1S/C17H23BrN2O/c1-3-10-19-16(9-6-11-21-2)17-14(18)12-13-7-4-5-8-15(13)20-17/h4-5,7-8,12,16,19H,3,6,9-11H2,1-2H3. The number of hydrogen-bond donors (Lipinski definition) is 1. The van der Waals surface area contributed by atoms with E-state index in [0.29, 0.717) is 0 Å². The van der Waals surface area contributed by atoms with Crippen LogP contribution in [-0.4, -0.2) is 25.2 Å². The van der Waals surface area contributed by atoms with E-state index in [2.05, 4.69) is 46.4 Å². The molecule has 1 unspecified atom stereocenters. The fraction of sp³-hybridized carbons (Fsp3) is 0.471. The maximum Gasteiger partial charge on any atom is 0.0722 e. The summed E-state index contributed by atoms with van der Waals surface area (Å²) in [5.41, 5.74) is 2.14. The highest BCUT2D eigenvalue weighted by molar-refractivity contribution is 9.10. The Labute approximate surface area is 135 Å². The first-order valence-corrected chi connectivity index (χ1v) is 8.33. The topological polar surface area (TPSA) is 34.1 Å². The number of methoxy groups -OCH3 is 1. The van der Waals surface area contributed by atoms with Crippen molar-refractivity contribution in [2.45, 2.75) is 32.2 Å². The van der Waals surface area contributed by atoms with Crippen molar-refractivity contribution < 1.29 is 4.74 Å². The highest BCUT2D eigenvalue weighted by atomic mass is 79.9. The molecular weight excluding hydrogens is 328 g/mol. The van der Waals surface area contributed by atoms with E-state index in [1.54, 1.807) is 7.11 Å². The van der Waals surface area contributed by atoms with Gasteiger partial charge in [-0.25, -0.2) is 4.98 Å². The van der Waals surface area contributed by atoms with Gasteiger partial charge in [-0.05, 0) is 53.9 Å². The number of hydrogen-bond acceptors (Lipinski definition) is 3. The van der Waals surface area contributed by atoms with Crippen LogP contribution in [0.25, 0.3) is 10.9 Å². The molecule has 0 aliphatic heterocycles. The first-order chi connectivity index (χ1) is 10.3. The molecular formula is C17H23BrN2O. The molecule has 0 amide bonds. The predicted octanol–water partition coefficient (Wildman–Crippen LogP) is 4.46. The number of benzene rings is 1. The van der Waals surface area contributed by atoms with Crippen LogP contribution in [0.5, 0.6) is 0 Å². The zero-order valence-electron chi connectivity index (χ0n) is 12.7. The van der Waals surface area contributed by atoms with E-state index in [1.165, 1.54) is 5.39 Å². The van der Waals surface area contributed by atoms with Crippen LogP contribution in [0.2, 0.25) is 0 Å². The average molecular weight is 351 g/mol. The number of ether oxygens (including phenoxy) is 1. The number of nitrogens with one attached hydrogen (secondary N) is 1. The fourth-order valence-electron chi connectivity index (χ4n) is 2.44. The van der Waals surface area contributed by atoms with Crippen LogP contribution in [0.3, 0.4) is 0 Å². The van der Waals surface area contributed by atoms with Gasteiger partial charge in [0, 0.05) is 23.6 Å². The molecule has 0 spiro atoms. The lowest BCUT2D eigenvalue weighted by Gasteiger charge is -2.20. The third-order valence-corrected chi connectivity index (χ3v) is 4.15. The summed E-state index contributed by atoms with van der Waals surface area (Å²) in [6, 6.07) is 10.7. The first kappa shape index (κ1) is 16.4. The van der Waals surface area contributed by atoms with Crippen LogP contribution in [0.4, 0.5) is 0 Å². The summed E-state index contributed by atoms with van der Waals surface area (Å²) < 4.78 is 6.25. The van der Waals surface area contributed by atoms with Crippen molar-refractivity contribution in [1.29, 1.82) is 0 Å². The van der Waals surface area contributed by atoms with Crippen LogP contribution in [0.1, 0.15) is 37.9 Å². The largest absolute Gasteiger partial charge is 0.385 e. The van der Waals surface area contributed by atoms with Crippen LogP contribution >= 0.6 is 15.9 Å². The molecule has 1 heterocycles. The van der Waals surface area contributed by atoms with E-state index >= 15 is 0 Å². The Morgan fingerprint density at radius 1 is 1.33 bits per heavy atom. The molecule has 0 radical (unpaired) electrons. The molecule has 0 saturated carbocycles. The Morgan fingerprint density at radius 2 is 2.14 bits per heavy atom. The van der Waals surface area contributed by atoms with Gasteiger partial charge in [-0.3, -0.25) is 0 Å².